The molecule has 0 aliphatic heterocycles. The maximum absolute atomic E-state index is 12.8. The van der Waals surface area contributed by atoms with Gasteiger partial charge in [0.15, 0.2) is 0 Å². The smallest absolute Gasteiger partial charge is 0.308 e. The molecule has 1 aliphatic carbocycles. The molecule has 7 heteroatoms. The fraction of sp³-hybridized carbons (Fsp3) is 0.444. The maximum Gasteiger partial charge on any atom is 0.308 e. The van der Waals surface area contributed by atoms with Crippen molar-refractivity contribution in [2.75, 3.05) is 0 Å². The minimum absolute atomic E-state index is 0.259. The predicted molar refractivity (Wildman–Crippen MR) is 98.0 cm³/mol. The number of hydrogen-bond donors (Lipinski definition) is 1. The van der Waals surface area contributed by atoms with Gasteiger partial charge >= 0.3 is 5.97 Å². The van der Waals surface area contributed by atoms with E-state index in [1.165, 1.54) is 23.9 Å². The summed E-state index contributed by atoms with van der Waals surface area (Å²) >= 11 is 12.2. The van der Waals surface area contributed by atoms with Crippen LogP contribution in [0.5, 0.6) is 0 Å². The number of nitrogens with zero attached hydrogens (tertiary/aromatic N) is 2. The summed E-state index contributed by atoms with van der Waals surface area (Å²) in [6.07, 6.45) is 7.23. The zero-order chi connectivity index (χ0) is 18.0. The SMILES string of the molecule is O=C(O)Cc1cn(CC2CCCCC2)n(-c2ccc(Cl)cc2Cl)c1=O. The molecule has 25 heavy (non-hydrogen) atoms. The average Bonchev–Trinajstić information content (AvgIpc) is 2.84. The highest BCUT2D eigenvalue weighted by atomic mass is 35.5. The molecule has 5 nitrogen and oxygen atoms in total. The van der Waals surface area contributed by atoms with Gasteiger partial charge in [-0.3, -0.25) is 14.3 Å². The largest absolute Gasteiger partial charge is 0.481 e. The van der Waals surface area contributed by atoms with Crippen molar-refractivity contribution in [2.24, 2.45) is 5.92 Å². The molecule has 0 unspecified atom stereocenters. The van der Waals surface area contributed by atoms with Crippen molar-refractivity contribution < 1.29 is 9.90 Å². The third-order valence-corrected chi connectivity index (χ3v) is 5.22. The molecule has 1 N–H and O–H groups in total. The van der Waals surface area contributed by atoms with Crippen LogP contribution in [0.4, 0.5) is 0 Å². The highest BCUT2D eigenvalue weighted by Crippen LogP contribution is 2.27. The van der Waals surface area contributed by atoms with Gasteiger partial charge in [0.1, 0.15) is 0 Å². The van der Waals surface area contributed by atoms with E-state index in [1.807, 2.05) is 4.68 Å². The monoisotopic (exact) mass is 382 g/mol. The lowest BCUT2D eigenvalue weighted by atomic mass is 9.89. The van der Waals surface area contributed by atoms with Gasteiger partial charge in [0.2, 0.25) is 0 Å². The quantitative estimate of drug-likeness (QED) is 0.844. The number of aromatic nitrogens is 2. The molecule has 134 valence electrons. The maximum atomic E-state index is 12.8. The fourth-order valence-corrected chi connectivity index (χ4v) is 3.99. The second-order valence-electron chi connectivity index (χ2n) is 6.56. The number of aliphatic carboxylic acids is 1. The number of carbonyl (C=O) groups is 1. The molecule has 0 saturated heterocycles. The Kier molecular flexibility index (Phi) is 5.54. The summed E-state index contributed by atoms with van der Waals surface area (Å²) in [5, 5.41) is 9.92. The molecule has 0 radical (unpaired) electrons. The number of hydrogen-bond acceptors (Lipinski definition) is 2. The van der Waals surface area contributed by atoms with Crippen LogP contribution < -0.4 is 5.56 Å². The van der Waals surface area contributed by atoms with Crippen LogP contribution in [0.3, 0.4) is 0 Å². The number of rotatable bonds is 5. The van der Waals surface area contributed by atoms with Crippen molar-refractivity contribution in [3.8, 4) is 5.69 Å². The van der Waals surface area contributed by atoms with E-state index in [4.69, 9.17) is 28.3 Å². The van der Waals surface area contributed by atoms with Crippen molar-refractivity contribution in [1.82, 2.24) is 9.36 Å². The van der Waals surface area contributed by atoms with Crippen molar-refractivity contribution in [3.05, 3.63) is 50.4 Å². The summed E-state index contributed by atoms with van der Waals surface area (Å²) in [5.41, 5.74) is 0.431. The Morgan fingerprint density at radius 3 is 2.56 bits per heavy atom. The van der Waals surface area contributed by atoms with Gasteiger partial charge < -0.3 is 5.11 Å². The average molecular weight is 383 g/mol. The normalized spacial score (nSPS) is 15.4. The van der Waals surface area contributed by atoms with E-state index in [9.17, 15) is 9.59 Å². The van der Waals surface area contributed by atoms with Crippen LogP contribution in [0, 0.1) is 5.92 Å². The Bertz CT molecular complexity index is 835. The Balaban J connectivity index is 2.05. The van der Waals surface area contributed by atoms with E-state index >= 15 is 0 Å². The molecule has 1 saturated carbocycles. The van der Waals surface area contributed by atoms with Gasteiger partial charge in [0, 0.05) is 23.3 Å². The van der Waals surface area contributed by atoms with Crippen LogP contribution in [0.1, 0.15) is 37.7 Å². The summed E-state index contributed by atoms with van der Waals surface area (Å²) in [5.74, 6) is -0.545. The Labute approximate surface area is 155 Å². The fourth-order valence-electron chi connectivity index (χ4n) is 3.50. The Morgan fingerprint density at radius 2 is 1.92 bits per heavy atom. The van der Waals surface area contributed by atoms with Crippen molar-refractivity contribution in [2.45, 2.75) is 45.1 Å². The molecule has 0 bridgehead atoms. The first-order valence-electron chi connectivity index (χ1n) is 8.44. The summed E-state index contributed by atoms with van der Waals surface area (Å²) in [6, 6.07) is 4.94. The molecule has 0 amide bonds. The van der Waals surface area contributed by atoms with Crippen LogP contribution in [0.15, 0.2) is 29.2 Å². The number of benzene rings is 1. The topological polar surface area (TPSA) is 64.2 Å². The first kappa shape index (κ1) is 18.1. The number of carboxylic acid groups (broad SMARTS) is 1. The molecule has 1 aromatic heterocycles. The number of halogens is 2. The minimum Gasteiger partial charge on any atom is -0.481 e. The first-order chi connectivity index (χ1) is 12.0. The zero-order valence-corrected chi connectivity index (χ0v) is 15.3. The molecule has 0 spiro atoms. The van der Waals surface area contributed by atoms with Crippen molar-refractivity contribution >= 4 is 29.2 Å². The van der Waals surface area contributed by atoms with Gasteiger partial charge in [-0.05, 0) is 37.0 Å². The second kappa shape index (κ2) is 7.67. The molecule has 2 aromatic rings. The summed E-state index contributed by atoms with van der Waals surface area (Å²) in [7, 11) is 0. The van der Waals surface area contributed by atoms with E-state index in [0.717, 1.165) is 12.8 Å². The summed E-state index contributed by atoms with van der Waals surface area (Å²) in [6.45, 7) is 0.674. The van der Waals surface area contributed by atoms with Gasteiger partial charge in [-0.25, -0.2) is 4.68 Å². The molecule has 1 heterocycles. The zero-order valence-electron chi connectivity index (χ0n) is 13.8. The lowest BCUT2D eigenvalue weighted by Gasteiger charge is -2.23. The summed E-state index contributed by atoms with van der Waals surface area (Å²) < 4.78 is 3.29. The highest BCUT2D eigenvalue weighted by molar-refractivity contribution is 6.35. The molecule has 1 aliphatic rings. The predicted octanol–water partition coefficient (Wildman–Crippen LogP) is 4.15. The first-order valence-corrected chi connectivity index (χ1v) is 9.20. The standard InChI is InChI=1S/C18H20Cl2N2O3/c19-14-6-7-16(15(20)9-14)22-18(25)13(8-17(23)24)11-21(22)10-12-4-2-1-3-5-12/h6-7,9,11-12H,1-5,8,10H2,(H,23,24). The van der Waals surface area contributed by atoms with Crippen LogP contribution >= 0.6 is 23.2 Å². The Hall–Kier alpha value is -1.72. The molecule has 0 atom stereocenters. The summed E-state index contributed by atoms with van der Waals surface area (Å²) in [4.78, 5) is 23.9. The molecule has 3 rings (SSSR count). The van der Waals surface area contributed by atoms with Gasteiger partial charge in [0.05, 0.1) is 17.1 Å². The van der Waals surface area contributed by atoms with E-state index in [-0.39, 0.29) is 17.5 Å². The minimum atomic E-state index is -1.03. The van der Waals surface area contributed by atoms with Crippen LogP contribution in [0.2, 0.25) is 10.0 Å². The van der Waals surface area contributed by atoms with E-state index < -0.39 is 5.97 Å². The van der Waals surface area contributed by atoms with Gasteiger partial charge in [0.25, 0.3) is 5.56 Å². The lowest BCUT2D eigenvalue weighted by Crippen LogP contribution is -2.26. The molecular formula is C18H20Cl2N2O3. The van der Waals surface area contributed by atoms with E-state index in [2.05, 4.69) is 0 Å². The lowest BCUT2D eigenvalue weighted by molar-refractivity contribution is -0.136. The van der Waals surface area contributed by atoms with Crippen molar-refractivity contribution in [3.63, 3.8) is 0 Å². The van der Waals surface area contributed by atoms with E-state index in [0.29, 0.717) is 28.2 Å². The van der Waals surface area contributed by atoms with Gasteiger partial charge in [-0.15, -0.1) is 0 Å². The third kappa shape index (κ3) is 4.10. The van der Waals surface area contributed by atoms with Gasteiger partial charge in [-0.2, -0.15) is 0 Å². The van der Waals surface area contributed by atoms with E-state index in [1.54, 1.807) is 24.4 Å². The van der Waals surface area contributed by atoms with Crippen LogP contribution in [-0.4, -0.2) is 20.4 Å². The third-order valence-electron chi connectivity index (χ3n) is 4.68. The molecular weight excluding hydrogens is 363 g/mol. The van der Waals surface area contributed by atoms with Gasteiger partial charge in [-0.1, -0.05) is 42.5 Å². The van der Waals surface area contributed by atoms with Crippen molar-refractivity contribution in [1.29, 1.82) is 0 Å². The Morgan fingerprint density at radius 1 is 1.20 bits per heavy atom. The van der Waals surface area contributed by atoms with Crippen LogP contribution in [-0.2, 0) is 17.8 Å². The highest BCUT2D eigenvalue weighted by Gasteiger charge is 2.21. The van der Waals surface area contributed by atoms with Crippen LogP contribution in [0.25, 0.3) is 5.69 Å². The molecule has 1 aromatic carbocycles. The molecule has 1 fully saturated rings. The number of carboxylic acids is 1. The second-order valence-corrected chi connectivity index (χ2v) is 7.41.